The van der Waals surface area contributed by atoms with Crippen molar-refractivity contribution in [3.05, 3.63) is 72.4 Å². The van der Waals surface area contributed by atoms with Crippen LogP contribution in [0.5, 0.6) is 0 Å². The Morgan fingerprint density at radius 2 is 1.64 bits per heavy atom. The third kappa shape index (κ3) is 3.39. The van der Waals surface area contributed by atoms with E-state index < -0.39 is 0 Å². The summed E-state index contributed by atoms with van der Waals surface area (Å²) in [6, 6.07) is 19.7. The average molecular weight is 484 g/mol. The van der Waals surface area contributed by atoms with E-state index in [1.54, 1.807) is 0 Å². The maximum absolute atomic E-state index is 13.6. The Morgan fingerprint density at radius 1 is 0.944 bits per heavy atom. The SMILES string of the molecule is C[C@]12CC[C@H]3[C@@H](CC=C4N(c5ccccc5)C(=O)CC[C@@]43C)[C@@H]1CC[C@@H]2C(=O)N(N)c1ccccc1. The summed E-state index contributed by atoms with van der Waals surface area (Å²) in [5, 5.41) is 1.38. The molecule has 4 aliphatic rings. The van der Waals surface area contributed by atoms with Gasteiger partial charge in [-0.15, -0.1) is 0 Å². The Morgan fingerprint density at radius 3 is 2.36 bits per heavy atom. The highest BCUT2D eigenvalue weighted by atomic mass is 16.2. The smallest absolute Gasteiger partial charge is 0.244 e. The van der Waals surface area contributed by atoms with E-state index in [1.807, 2.05) is 65.6 Å². The van der Waals surface area contributed by atoms with Gasteiger partial charge in [0.05, 0.1) is 5.69 Å². The van der Waals surface area contributed by atoms with Crippen LogP contribution < -0.4 is 15.8 Å². The van der Waals surface area contributed by atoms with Gasteiger partial charge in [0, 0.05) is 29.1 Å². The fourth-order valence-electron chi connectivity index (χ4n) is 8.50. The molecule has 0 unspecified atom stereocenters. The molecule has 1 aliphatic heterocycles. The molecule has 0 radical (unpaired) electrons. The minimum atomic E-state index is -0.0411. The van der Waals surface area contributed by atoms with Gasteiger partial charge in [-0.3, -0.25) is 14.5 Å². The van der Waals surface area contributed by atoms with Crippen LogP contribution in [0.4, 0.5) is 11.4 Å². The predicted octanol–water partition coefficient (Wildman–Crippen LogP) is 6.07. The zero-order valence-electron chi connectivity index (χ0n) is 21.4. The molecular formula is C31H37N3O2. The number of carbonyl (C=O) groups excluding carboxylic acids is 2. The standard InChI is InChI=1S/C31H37N3O2/c1-30-19-17-25-23(24(30)14-15-26(30)29(36)34(32)22-11-7-4-8-12-22)13-16-27-31(25,2)20-18-28(35)33(27)21-9-5-3-6-10-21/h3-12,16,23-26H,13-15,17-20,32H2,1-2H3/t23-,24-,25-,26+,30-,31+/m0/s1. The molecule has 2 saturated carbocycles. The molecule has 0 spiro atoms. The highest BCUT2D eigenvalue weighted by Crippen LogP contribution is 2.66. The molecule has 5 heteroatoms. The third-order valence-corrected chi connectivity index (χ3v) is 10.4. The number of fused-ring (bicyclic) bond motifs is 5. The summed E-state index contributed by atoms with van der Waals surface area (Å²) in [6.45, 7) is 4.75. The van der Waals surface area contributed by atoms with Crippen LogP contribution >= 0.6 is 0 Å². The molecule has 2 amide bonds. The summed E-state index contributed by atoms with van der Waals surface area (Å²) in [5.41, 5.74) is 2.90. The zero-order valence-corrected chi connectivity index (χ0v) is 21.4. The fourth-order valence-corrected chi connectivity index (χ4v) is 8.50. The fraction of sp³-hybridized carbons (Fsp3) is 0.484. The lowest BCUT2D eigenvalue weighted by atomic mass is 9.49. The average Bonchev–Trinajstić information content (AvgIpc) is 3.26. The van der Waals surface area contributed by atoms with Gasteiger partial charge in [-0.1, -0.05) is 56.3 Å². The Bertz CT molecular complexity index is 1190. The van der Waals surface area contributed by atoms with Crippen molar-refractivity contribution in [1.29, 1.82) is 0 Å². The molecule has 1 heterocycles. The maximum Gasteiger partial charge on any atom is 0.244 e. The summed E-state index contributed by atoms with van der Waals surface area (Å²) >= 11 is 0. The minimum absolute atomic E-state index is 0.0139. The van der Waals surface area contributed by atoms with Gasteiger partial charge >= 0.3 is 0 Å². The van der Waals surface area contributed by atoms with E-state index in [4.69, 9.17) is 5.84 Å². The molecule has 36 heavy (non-hydrogen) atoms. The first-order chi connectivity index (χ1) is 17.3. The molecule has 5 nitrogen and oxygen atoms in total. The Balaban J connectivity index is 1.29. The number of nitrogens with zero attached hydrogens (tertiary/aromatic N) is 2. The van der Waals surface area contributed by atoms with Crippen molar-refractivity contribution < 1.29 is 9.59 Å². The van der Waals surface area contributed by atoms with E-state index in [0.717, 1.165) is 49.9 Å². The van der Waals surface area contributed by atoms with Gasteiger partial charge in [-0.05, 0) is 86.0 Å². The quantitative estimate of drug-likeness (QED) is 0.327. The van der Waals surface area contributed by atoms with Gasteiger partial charge in [0.2, 0.25) is 11.8 Å². The second-order valence-electron chi connectivity index (χ2n) is 11.9. The van der Waals surface area contributed by atoms with E-state index in [1.165, 1.54) is 10.7 Å². The number of nitrogens with two attached hydrogens (primary N) is 1. The number of hydrogen-bond donors (Lipinski definition) is 1. The number of benzene rings is 2. The van der Waals surface area contributed by atoms with Gasteiger partial charge in [-0.25, -0.2) is 10.9 Å². The van der Waals surface area contributed by atoms with Crippen molar-refractivity contribution in [3.8, 4) is 0 Å². The number of allylic oxidation sites excluding steroid dienone is 2. The summed E-state index contributed by atoms with van der Waals surface area (Å²) in [4.78, 5) is 28.8. The lowest BCUT2D eigenvalue weighted by molar-refractivity contribution is -0.130. The number of amides is 2. The highest BCUT2D eigenvalue weighted by Gasteiger charge is 2.61. The Kier molecular flexibility index (Phi) is 5.60. The van der Waals surface area contributed by atoms with Crippen LogP contribution in [0, 0.1) is 34.5 Å². The highest BCUT2D eigenvalue weighted by molar-refractivity contribution is 5.98. The summed E-state index contributed by atoms with van der Waals surface area (Å²) < 4.78 is 0. The first-order valence-electron chi connectivity index (χ1n) is 13.6. The summed E-state index contributed by atoms with van der Waals surface area (Å²) in [7, 11) is 0. The molecule has 6 atom stereocenters. The molecule has 6 rings (SSSR count). The van der Waals surface area contributed by atoms with Crippen LogP contribution in [-0.4, -0.2) is 11.8 Å². The van der Waals surface area contributed by atoms with Gasteiger partial charge in [0.15, 0.2) is 0 Å². The topological polar surface area (TPSA) is 66.6 Å². The zero-order chi connectivity index (χ0) is 25.1. The van der Waals surface area contributed by atoms with Crippen molar-refractivity contribution >= 4 is 23.2 Å². The minimum Gasteiger partial charge on any atom is -0.285 e. The lowest BCUT2D eigenvalue weighted by Gasteiger charge is -2.58. The van der Waals surface area contributed by atoms with Crippen LogP contribution in [-0.2, 0) is 9.59 Å². The van der Waals surface area contributed by atoms with Crippen LogP contribution in [0.15, 0.2) is 72.4 Å². The maximum atomic E-state index is 13.6. The Labute approximate surface area is 214 Å². The van der Waals surface area contributed by atoms with Gasteiger partial charge in [0.1, 0.15) is 0 Å². The molecule has 0 bridgehead atoms. The van der Waals surface area contributed by atoms with Crippen molar-refractivity contribution in [2.45, 2.75) is 58.8 Å². The van der Waals surface area contributed by atoms with Crippen LogP contribution in [0.2, 0.25) is 0 Å². The van der Waals surface area contributed by atoms with Crippen molar-refractivity contribution in [2.24, 2.45) is 40.3 Å². The number of hydrazine groups is 1. The first-order valence-corrected chi connectivity index (χ1v) is 13.6. The third-order valence-electron chi connectivity index (χ3n) is 10.4. The van der Waals surface area contributed by atoms with E-state index in [2.05, 4.69) is 19.9 Å². The molecule has 3 aliphatic carbocycles. The van der Waals surface area contributed by atoms with Gasteiger partial charge in [-0.2, -0.15) is 0 Å². The van der Waals surface area contributed by atoms with E-state index >= 15 is 0 Å². The molecule has 2 N–H and O–H groups in total. The van der Waals surface area contributed by atoms with Crippen LogP contribution in [0.25, 0.3) is 0 Å². The molecule has 1 saturated heterocycles. The van der Waals surface area contributed by atoms with Crippen LogP contribution in [0.3, 0.4) is 0 Å². The lowest BCUT2D eigenvalue weighted by Crippen LogP contribution is -2.55. The molecule has 0 aromatic heterocycles. The van der Waals surface area contributed by atoms with Crippen molar-refractivity contribution in [1.82, 2.24) is 0 Å². The molecule has 2 aromatic carbocycles. The van der Waals surface area contributed by atoms with E-state index in [-0.39, 0.29) is 28.6 Å². The first kappa shape index (κ1) is 23.5. The number of hydrogen-bond acceptors (Lipinski definition) is 3. The van der Waals surface area contributed by atoms with E-state index in [9.17, 15) is 9.59 Å². The number of carbonyl (C=O) groups is 2. The second kappa shape index (κ2) is 8.58. The van der Waals surface area contributed by atoms with Crippen LogP contribution in [0.1, 0.15) is 58.8 Å². The van der Waals surface area contributed by atoms with Crippen molar-refractivity contribution in [3.63, 3.8) is 0 Å². The molecule has 188 valence electrons. The number of rotatable bonds is 3. The molecule has 3 fully saturated rings. The van der Waals surface area contributed by atoms with Gasteiger partial charge in [0.25, 0.3) is 0 Å². The predicted molar refractivity (Wildman–Crippen MR) is 143 cm³/mol. The van der Waals surface area contributed by atoms with Gasteiger partial charge < -0.3 is 0 Å². The summed E-state index contributed by atoms with van der Waals surface area (Å²) in [5.74, 6) is 8.17. The number of piperidine rings is 1. The molecule has 2 aromatic rings. The molecular weight excluding hydrogens is 446 g/mol. The monoisotopic (exact) mass is 483 g/mol. The largest absolute Gasteiger partial charge is 0.285 e. The second-order valence-corrected chi connectivity index (χ2v) is 11.9. The summed E-state index contributed by atoms with van der Waals surface area (Å²) in [6.07, 6.45) is 8.99. The van der Waals surface area contributed by atoms with Crippen molar-refractivity contribution in [2.75, 3.05) is 9.91 Å². The number of para-hydroxylation sites is 2. The van der Waals surface area contributed by atoms with E-state index in [0.29, 0.717) is 24.2 Å². The normalized spacial score (nSPS) is 35.4. The Hall–Kier alpha value is -2.92. The number of anilines is 2.